The zero-order chi connectivity index (χ0) is 22.8. The van der Waals surface area contributed by atoms with Crippen molar-refractivity contribution in [2.24, 2.45) is 11.8 Å². The van der Waals surface area contributed by atoms with Gasteiger partial charge in [-0.25, -0.2) is 0 Å². The van der Waals surface area contributed by atoms with Crippen molar-refractivity contribution in [3.8, 4) is 0 Å². The highest BCUT2D eigenvalue weighted by Crippen LogP contribution is 2.37. The molecule has 0 aliphatic carbocycles. The molecule has 0 fully saturated rings. The first kappa shape index (κ1) is 25.2. The van der Waals surface area contributed by atoms with E-state index in [1.807, 2.05) is 48.5 Å². The minimum Gasteiger partial charge on any atom is -0.441 e. The molecule has 0 amide bonds. The Morgan fingerprint density at radius 1 is 1.00 bits per heavy atom. The lowest BCUT2D eigenvalue weighted by atomic mass is 9.88. The summed E-state index contributed by atoms with van der Waals surface area (Å²) in [6.07, 6.45) is 5.35. The van der Waals surface area contributed by atoms with Gasteiger partial charge in [0.25, 0.3) is 0 Å². The van der Waals surface area contributed by atoms with Crippen LogP contribution in [-0.4, -0.2) is 23.1 Å². The topological polar surface area (TPSA) is 12.2 Å². The molecule has 2 aromatic carbocycles. The molecule has 0 N–H and O–H groups in total. The van der Waals surface area contributed by atoms with Crippen LogP contribution in [0.1, 0.15) is 44.7 Å². The summed E-state index contributed by atoms with van der Waals surface area (Å²) in [6, 6.07) is 18.6. The van der Waals surface area contributed by atoms with Crippen LogP contribution in [0.3, 0.4) is 0 Å². The summed E-state index contributed by atoms with van der Waals surface area (Å²) in [5, 5.41) is 1.59. The average Bonchev–Trinajstić information content (AvgIpc) is 3.23. The molecule has 2 heterocycles. The molecular formula is C27H34Cl2NO+. The smallest absolute Gasteiger partial charge is 0.340 e. The maximum absolute atomic E-state index is 6.14. The van der Waals surface area contributed by atoms with E-state index >= 15 is 0 Å². The number of benzene rings is 2. The summed E-state index contributed by atoms with van der Waals surface area (Å²) >= 11 is 11.6. The van der Waals surface area contributed by atoms with Crippen molar-refractivity contribution in [3.63, 3.8) is 0 Å². The van der Waals surface area contributed by atoms with Crippen LogP contribution in [0.15, 0.2) is 80.4 Å². The number of hydrogen-bond donors (Lipinski definition) is 0. The predicted molar refractivity (Wildman–Crippen MR) is 134 cm³/mol. The Balaban J connectivity index is 0.000000319. The summed E-state index contributed by atoms with van der Waals surface area (Å²) in [6.45, 7) is 15.3. The van der Waals surface area contributed by atoms with E-state index < -0.39 is 0 Å². The fourth-order valence-electron chi connectivity index (χ4n) is 4.18. The zero-order valence-corrected chi connectivity index (χ0v) is 20.2. The lowest BCUT2D eigenvalue weighted by molar-refractivity contribution is -0.611. The monoisotopic (exact) mass is 458 g/mol. The summed E-state index contributed by atoms with van der Waals surface area (Å²) < 4.78 is 8.69. The van der Waals surface area contributed by atoms with E-state index in [4.69, 9.17) is 27.9 Å². The minimum absolute atomic E-state index is 0.406. The molecule has 0 bridgehead atoms. The van der Waals surface area contributed by atoms with Crippen molar-refractivity contribution < 1.29 is 9.31 Å². The van der Waals surface area contributed by atoms with Crippen LogP contribution >= 0.6 is 23.2 Å². The van der Waals surface area contributed by atoms with E-state index in [1.165, 1.54) is 11.5 Å². The van der Waals surface area contributed by atoms with Gasteiger partial charge in [-0.3, -0.25) is 0 Å². The summed E-state index contributed by atoms with van der Waals surface area (Å²) in [4.78, 5) is 0. The second kappa shape index (κ2) is 12.7. The van der Waals surface area contributed by atoms with Gasteiger partial charge in [-0.2, -0.15) is 4.58 Å². The Morgan fingerprint density at radius 2 is 1.61 bits per heavy atom. The molecule has 1 unspecified atom stereocenters. The molecule has 0 spiro atoms. The third kappa shape index (κ3) is 6.72. The van der Waals surface area contributed by atoms with Crippen LogP contribution in [0.25, 0.3) is 0 Å². The molecule has 3 atom stereocenters. The van der Waals surface area contributed by atoms with Gasteiger partial charge in [-0.05, 0) is 37.1 Å². The van der Waals surface area contributed by atoms with Crippen molar-refractivity contribution in [2.45, 2.75) is 45.2 Å². The van der Waals surface area contributed by atoms with Crippen molar-refractivity contribution in [1.29, 1.82) is 0 Å². The van der Waals surface area contributed by atoms with Gasteiger partial charge in [-0.15, -0.1) is 19.7 Å². The van der Waals surface area contributed by atoms with E-state index in [-0.39, 0.29) is 0 Å². The number of rotatable bonds is 4. The molecule has 2 aliphatic heterocycles. The first-order chi connectivity index (χ1) is 15.0. The molecule has 2 nitrogen and oxygen atoms in total. The van der Waals surface area contributed by atoms with Crippen LogP contribution in [0, 0.1) is 11.8 Å². The van der Waals surface area contributed by atoms with E-state index in [0.717, 1.165) is 35.9 Å². The molecule has 4 rings (SSSR count). The Bertz CT molecular complexity index is 845. The zero-order valence-electron chi connectivity index (χ0n) is 18.6. The van der Waals surface area contributed by atoms with Crippen molar-refractivity contribution in [1.82, 2.24) is 0 Å². The van der Waals surface area contributed by atoms with Gasteiger partial charge < -0.3 is 4.74 Å². The van der Waals surface area contributed by atoms with Crippen LogP contribution in [0.5, 0.6) is 0 Å². The Morgan fingerprint density at radius 3 is 2.13 bits per heavy atom. The van der Waals surface area contributed by atoms with Gasteiger partial charge in [0, 0.05) is 27.9 Å². The van der Waals surface area contributed by atoms with E-state index in [9.17, 15) is 0 Å². The number of halogens is 2. The molecule has 0 aromatic heterocycles. The molecular weight excluding hydrogens is 425 g/mol. The SMILES string of the molecule is C=C.C=CC[C@H]1CC[C@@H](c2ccc(Cl)cc2)[N+]2=C1OCC2C(C)C.Clc1ccccc1. The van der Waals surface area contributed by atoms with Gasteiger partial charge in [0.2, 0.25) is 0 Å². The maximum Gasteiger partial charge on any atom is 0.340 e. The van der Waals surface area contributed by atoms with Gasteiger partial charge in [-0.1, -0.05) is 73.5 Å². The summed E-state index contributed by atoms with van der Waals surface area (Å²) in [5.74, 6) is 2.25. The molecule has 2 aliphatic rings. The highest BCUT2D eigenvalue weighted by Gasteiger charge is 2.48. The van der Waals surface area contributed by atoms with Crippen LogP contribution in [-0.2, 0) is 4.74 Å². The molecule has 2 aromatic rings. The fraction of sp³-hybridized carbons (Fsp3) is 0.370. The summed E-state index contributed by atoms with van der Waals surface area (Å²) in [7, 11) is 0. The number of allylic oxidation sites excluding steroid dienone is 1. The second-order valence-electron chi connectivity index (χ2n) is 8.03. The third-order valence-electron chi connectivity index (χ3n) is 5.70. The second-order valence-corrected chi connectivity index (χ2v) is 8.90. The predicted octanol–water partition coefficient (Wildman–Crippen LogP) is 7.98. The minimum atomic E-state index is 0.406. The normalized spacial score (nSPS) is 21.8. The quantitative estimate of drug-likeness (QED) is 0.334. The standard InChI is InChI=1S/C19H25ClNO.C6H5Cl.C2H4/c1-4-5-15-8-11-17(14-6-9-16(20)10-7-14)21-18(13(2)3)12-22-19(15)21;7-6-4-2-1-3-5-6;1-2/h4,6-7,9-10,13,15,17-18H,1,5,8,11-12H2,2-3H3;1-5H;1-2H2/q+1;;/t15-,17-,18?;;/m0../s1. The van der Waals surface area contributed by atoms with Crippen LogP contribution < -0.4 is 0 Å². The van der Waals surface area contributed by atoms with Gasteiger partial charge in [0.15, 0.2) is 18.7 Å². The van der Waals surface area contributed by atoms with E-state index in [1.54, 1.807) is 0 Å². The largest absolute Gasteiger partial charge is 0.441 e. The van der Waals surface area contributed by atoms with Crippen molar-refractivity contribution >= 4 is 29.1 Å². The van der Waals surface area contributed by atoms with Gasteiger partial charge in [0.05, 0.1) is 5.92 Å². The van der Waals surface area contributed by atoms with E-state index in [2.05, 4.69) is 50.3 Å². The average molecular weight is 459 g/mol. The fourth-order valence-corrected chi connectivity index (χ4v) is 4.46. The maximum atomic E-state index is 6.14. The van der Waals surface area contributed by atoms with Gasteiger partial charge >= 0.3 is 5.90 Å². The molecule has 0 saturated carbocycles. The molecule has 0 saturated heterocycles. The molecule has 31 heavy (non-hydrogen) atoms. The third-order valence-corrected chi connectivity index (χ3v) is 6.20. The molecule has 4 heteroatoms. The molecule has 0 radical (unpaired) electrons. The Labute approximate surface area is 197 Å². The van der Waals surface area contributed by atoms with Crippen molar-refractivity contribution in [3.05, 3.63) is 96.0 Å². The van der Waals surface area contributed by atoms with E-state index in [0.29, 0.717) is 23.9 Å². The first-order valence-electron chi connectivity index (χ1n) is 10.9. The highest BCUT2D eigenvalue weighted by molar-refractivity contribution is 6.30. The lowest BCUT2D eigenvalue weighted by Crippen LogP contribution is -2.39. The van der Waals surface area contributed by atoms with Crippen LogP contribution in [0.2, 0.25) is 10.0 Å². The Hall–Kier alpha value is -2.03. The Kier molecular flexibility index (Phi) is 10.4. The van der Waals surface area contributed by atoms with Crippen LogP contribution in [0.4, 0.5) is 0 Å². The number of ether oxygens (including phenoxy) is 1. The molecule has 166 valence electrons. The first-order valence-corrected chi connectivity index (χ1v) is 11.6. The summed E-state index contributed by atoms with van der Waals surface area (Å²) in [5.41, 5.74) is 1.34. The highest BCUT2D eigenvalue weighted by atomic mass is 35.5. The van der Waals surface area contributed by atoms with Gasteiger partial charge in [0.1, 0.15) is 0 Å². The number of hydrogen-bond acceptors (Lipinski definition) is 1. The number of nitrogens with zero attached hydrogens (tertiary/aromatic N) is 1. The van der Waals surface area contributed by atoms with Crippen molar-refractivity contribution in [2.75, 3.05) is 6.61 Å². The lowest BCUT2D eigenvalue weighted by Gasteiger charge is -2.26.